The van der Waals surface area contributed by atoms with Gasteiger partial charge in [0.25, 0.3) is 5.91 Å². The maximum Gasteiger partial charge on any atom is 0.353 e. The number of nitrogens with two attached hydrogens (primary N) is 1. The summed E-state index contributed by atoms with van der Waals surface area (Å²) in [6.45, 7) is 2.24. The van der Waals surface area contributed by atoms with E-state index >= 15 is 0 Å². The molecule has 0 bridgehead atoms. The molecule has 1 aliphatic rings. The predicted molar refractivity (Wildman–Crippen MR) is 99.1 cm³/mol. The molecule has 6 nitrogen and oxygen atoms in total. The molecule has 25 heavy (non-hydrogen) atoms. The van der Waals surface area contributed by atoms with E-state index in [0.29, 0.717) is 27.9 Å². The van der Waals surface area contributed by atoms with Gasteiger partial charge in [0.2, 0.25) is 0 Å². The molecule has 1 aromatic carbocycles. The summed E-state index contributed by atoms with van der Waals surface area (Å²) in [4.78, 5) is 28.4. The van der Waals surface area contributed by atoms with Gasteiger partial charge in [0.15, 0.2) is 16.7 Å². The lowest BCUT2D eigenvalue weighted by atomic mass is 10.2. The first kappa shape index (κ1) is 17.2. The second-order valence-electron chi connectivity index (χ2n) is 4.87. The van der Waals surface area contributed by atoms with Crippen molar-refractivity contribution in [3.8, 4) is 11.5 Å². The van der Waals surface area contributed by atoms with Crippen LogP contribution in [0.3, 0.4) is 0 Å². The van der Waals surface area contributed by atoms with Crippen LogP contribution in [0.5, 0.6) is 11.5 Å². The molecule has 1 aliphatic heterocycles. The minimum atomic E-state index is -0.440. The lowest BCUT2D eigenvalue weighted by molar-refractivity contribution is -0.113. The molecular weight excluding hydrogens is 360 g/mol. The molecule has 0 unspecified atom stereocenters. The molecule has 0 radical (unpaired) electrons. The molecule has 1 amide bonds. The van der Waals surface area contributed by atoms with Gasteiger partial charge in [-0.1, -0.05) is 12.1 Å². The SMILES string of the molecule is CCOc1cc(C=C2SC(N)=NC2=O)ccc1OC(=O)c1cccs1. The zero-order valence-electron chi connectivity index (χ0n) is 13.2. The topological polar surface area (TPSA) is 91.0 Å². The Kier molecular flexibility index (Phi) is 5.20. The third kappa shape index (κ3) is 4.09. The number of hydrogen-bond acceptors (Lipinski definition) is 7. The first-order chi connectivity index (χ1) is 12.1. The molecule has 0 atom stereocenters. The average Bonchev–Trinajstić information content (AvgIpc) is 3.20. The fourth-order valence-electron chi connectivity index (χ4n) is 2.09. The number of amidine groups is 1. The highest BCUT2D eigenvalue weighted by Crippen LogP contribution is 2.32. The highest BCUT2D eigenvalue weighted by atomic mass is 32.2. The molecule has 2 heterocycles. The summed E-state index contributed by atoms with van der Waals surface area (Å²) in [5, 5.41) is 2.03. The number of carbonyl (C=O) groups excluding carboxylic acids is 2. The maximum absolute atomic E-state index is 12.1. The zero-order valence-corrected chi connectivity index (χ0v) is 14.9. The Morgan fingerprint density at radius 1 is 1.32 bits per heavy atom. The van der Waals surface area contributed by atoms with Gasteiger partial charge in [-0.3, -0.25) is 4.79 Å². The van der Waals surface area contributed by atoms with Crippen molar-refractivity contribution in [1.82, 2.24) is 0 Å². The van der Waals surface area contributed by atoms with Gasteiger partial charge < -0.3 is 15.2 Å². The number of thioether (sulfide) groups is 1. The molecule has 0 fully saturated rings. The van der Waals surface area contributed by atoms with E-state index in [4.69, 9.17) is 15.2 Å². The van der Waals surface area contributed by atoms with Crippen LogP contribution in [0.25, 0.3) is 6.08 Å². The van der Waals surface area contributed by atoms with E-state index in [1.165, 1.54) is 11.3 Å². The second kappa shape index (κ2) is 7.54. The smallest absolute Gasteiger partial charge is 0.353 e. The Morgan fingerprint density at radius 2 is 2.16 bits per heavy atom. The van der Waals surface area contributed by atoms with E-state index < -0.39 is 5.97 Å². The molecule has 2 aromatic rings. The van der Waals surface area contributed by atoms with Crippen molar-refractivity contribution >= 4 is 46.2 Å². The Bertz CT molecular complexity index is 873. The summed E-state index contributed by atoms with van der Waals surface area (Å²) in [6.07, 6.45) is 1.67. The van der Waals surface area contributed by atoms with Crippen molar-refractivity contribution in [3.63, 3.8) is 0 Å². The number of amides is 1. The highest BCUT2D eigenvalue weighted by Gasteiger charge is 2.20. The summed E-state index contributed by atoms with van der Waals surface area (Å²) in [5.74, 6) is -0.0620. The molecule has 0 saturated carbocycles. The Labute approximate surface area is 152 Å². The van der Waals surface area contributed by atoms with E-state index in [-0.39, 0.29) is 11.1 Å². The van der Waals surface area contributed by atoms with Gasteiger partial charge in [-0.25, -0.2) is 4.79 Å². The molecule has 8 heteroatoms. The minimum Gasteiger partial charge on any atom is -0.490 e. The van der Waals surface area contributed by atoms with Crippen molar-refractivity contribution in [1.29, 1.82) is 0 Å². The summed E-state index contributed by atoms with van der Waals surface area (Å²) in [6, 6.07) is 8.55. The Hall–Kier alpha value is -2.58. The van der Waals surface area contributed by atoms with Crippen LogP contribution in [-0.4, -0.2) is 23.7 Å². The predicted octanol–water partition coefficient (Wildman–Crippen LogP) is 3.30. The largest absolute Gasteiger partial charge is 0.490 e. The summed E-state index contributed by atoms with van der Waals surface area (Å²) >= 11 is 2.42. The van der Waals surface area contributed by atoms with Crippen molar-refractivity contribution in [2.24, 2.45) is 10.7 Å². The van der Waals surface area contributed by atoms with Gasteiger partial charge in [-0.15, -0.1) is 11.3 Å². The molecular formula is C17H14N2O4S2. The van der Waals surface area contributed by atoms with E-state index in [9.17, 15) is 9.59 Å². The normalized spacial score (nSPS) is 15.3. The van der Waals surface area contributed by atoms with Gasteiger partial charge in [0.1, 0.15) is 4.88 Å². The Morgan fingerprint density at radius 3 is 2.80 bits per heavy atom. The third-order valence-electron chi connectivity index (χ3n) is 3.13. The van der Waals surface area contributed by atoms with Gasteiger partial charge >= 0.3 is 5.97 Å². The average molecular weight is 374 g/mol. The lowest BCUT2D eigenvalue weighted by Crippen LogP contribution is -2.08. The number of rotatable bonds is 5. The third-order valence-corrected chi connectivity index (χ3v) is 4.79. The first-order valence-corrected chi connectivity index (χ1v) is 9.07. The number of esters is 1. The van der Waals surface area contributed by atoms with Crippen molar-refractivity contribution in [2.45, 2.75) is 6.92 Å². The fraction of sp³-hybridized carbons (Fsp3) is 0.118. The van der Waals surface area contributed by atoms with Gasteiger partial charge in [0.05, 0.1) is 11.5 Å². The zero-order chi connectivity index (χ0) is 17.8. The van der Waals surface area contributed by atoms with Crippen molar-refractivity contribution in [3.05, 3.63) is 51.1 Å². The lowest BCUT2D eigenvalue weighted by Gasteiger charge is -2.11. The van der Waals surface area contributed by atoms with Crippen LogP contribution in [0.15, 0.2) is 45.6 Å². The van der Waals surface area contributed by atoms with Crippen molar-refractivity contribution < 1.29 is 19.1 Å². The molecule has 0 aliphatic carbocycles. The summed E-state index contributed by atoms with van der Waals surface area (Å²) in [5.41, 5.74) is 6.26. The van der Waals surface area contributed by atoms with Crippen LogP contribution >= 0.6 is 23.1 Å². The van der Waals surface area contributed by atoms with Crippen LogP contribution in [0.4, 0.5) is 0 Å². The van der Waals surface area contributed by atoms with E-state index in [1.807, 2.05) is 6.92 Å². The minimum absolute atomic E-state index is 0.225. The standard InChI is InChI=1S/C17H14N2O4S2/c1-2-22-12-8-10(9-14-15(20)19-17(18)25-14)5-6-11(12)23-16(21)13-4-3-7-24-13/h3-9H,2H2,1H3,(H2,18,19,20). The quantitative estimate of drug-likeness (QED) is 0.491. The number of hydrogen-bond donors (Lipinski definition) is 1. The van der Waals surface area contributed by atoms with Crippen LogP contribution in [-0.2, 0) is 4.79 Å². The van der Waals surface area contributed by atoms with E-state index in [2.05, 4.69) is 4.99 Å². The van der Waals surface area contributed by atoms with Crippen LogP contribution in [0, 0.1) is 0 Å². The number of aliphatic imine (C=N–C) groups is 1. The maximum atomic E-state index is 12.1. The van der Waals surface area contributed by atoms with Gasteiger partial charge in [0, 0.05) is 0 Å². The van der Waals surface area contributed by atoms with Crippen molar-refractivity contribution in [2.75, 3.05) is 6.61 Å². The van der Waals surface area contributed by atoms with Gasteiger partial charge in [-0.2, -0.15) is 4.99 Å². The van der Waals surface area contributed by atoms with E-state index in [1.54, 1.807) is 41.8 Å². The molecule has 128 valence electrons. The number of nitrogens with zero attached hydrogens (tertiary/aromatic N) is 1. The number of thiophene rings is 1. The molecule has 0 spiro atoms. The molecule has 3 rings (SSSR count). The number of carbonyl (C=O) groups is 2. The number of ether oxygens (including phenoxy) is 2. The van der Waals surface area contributed by atoms with Crippen LogP contribution in [0.1, 0.15) is 22.2 Å². The molecule has 2 N–H and O–H groups in total. The Balaban J connectivity index is 1.84. The first-order valence-electron chi connectivity index (χ1n) is 7.37. The van der Waals surface area contributed by atoms with Crippen LogP contribution < -0.4 is 15.2 Å². The van der Waals surface area contributed by atoms with E-state index in [0.717, 1.165) is 17.3 Å². The summed E-state index contributed by atoms with van der Waals surface area (Å²) < 4.78 is 11.0. The van der Waals surface area contributed by atoms with Crippen LogP contribution in [0.2, 0.25) is 0 Å². The highest BCUT2D eigenvalue weighted by molar-refractivity contribution is 8.18. The monoisotopic (exact) mass is 374 g/mol. The molecule has 1 aromatic heterocycles. The molecule has 0 saturated heterocycles. The van der Waals surface area contributed by atoms with Gasteiger partial charge in [-0.05, 0) is 53.9 Å². The number of benzene rings is 1. The summed E-state index contributed by atoms with van der Waals surface area (Å²) in [7, 11) is 0. The second-order valence-corrected chi connectivity index (χ2v) is 6.88. The fourth-order valence-corrected chi connectivity index (χ4v) is 3.37.